The number of nitrogens with zero attached hydrogens (tertiary/aromatic N) is 3. The van der Waals surface area contributed by atoms with Gasteiger partial charge in [0.25, 0.3) is 0 Å². The predicted octanol–water partition coefficient (Wildman–Crippen LogP) is 14.4. The van der Waals surface area contributed by atoms with Crippen molar-refractivity contribution in [2.75, 3.05) is 0 Å². The fraction of sp³-hybridized carbons (Fsp3) is 0. The van der Waals surface area contributed by atoms with Crippen LogP contribution >= 0.6 is 11.3 Å². The number of benzene rings is 9. The van der Waals surface area contributed by atoms with Crippen molar-refractivity contribution < 1.29 is 0 Å². The zero-order chi connectivity index (χ0) is 36.7. The molecule has 56 heavy (non-hydrogen) atoms. The highest BCUT2D eigenvalue weighted by Crippen LogP contribution is 2.51. The first-order valence-corrected chi connectivity index (χ1v) is 19.8. The lowest BCUT2D eigenvalue weighted by atomic mass is 9.89. The van der Waals surface area contributed by atoms with Crippen molar-refractivity contribution in [2.24, 2.45) is 0 Å². The Balaban J connectivity index is 1.22. The molecule has 0 fully saturated rings. The Labute approximate surface area is 326 Å². The summed E-state index contributed by atoms with van der Waals surface area (Å²) < 4.78 is 5.08. The maximum Gasteiger partial charge on any atom is 0.160 e. The summed E-state index contributed by atoms with van der Waals surface area (Å²) in [5.74, 6) is 0.697. The number of fused-ring (bicyclic) bond motifs is 15. The summed E-state index contributed by atoms with van der Waals surface area (Å²) in [4.78, 5) is 10.4. The monoisotopic (exact) mass is 729 g/mol. The topological polar surface area (TPSA) is 30.7 Å². The van der Waals surface area contributed by atoms with E-state index in [2.05, 4.69) is 180 Å². The summed E-state index contributed by atoms with van der Waals surface area (Å²) in [5.41, 5.74) is 8.36. The lowest BCUT2D eigenvalue weighted by molar-refractivity contribution is 1.16. The Kier molecular flexibility index (Phi) is 6.80. The standard InChI is InChI=1S/C52H31N3S/c1-3-16-32(17-4-1)42-31-43(33-18-5-2-6-19-33)54-52(53-42)34-20-15-21-35(30-34)55-44-28-13-11-26-40(44)48-46-38-24-9-7-22-36(38)37-23-8-10-25-39(37)47(46)49-41-27-12-14-29-45(41)56-51(49)50(48)55/h1-31H. The first kappa shape index (κ1) is 31.2. The molecule has 260 valence electrons. The fourth-order valence-corrected chi connectivity index (χ4v) is 10.2. The van der Waals surface area contributed by atoms with E-state index in [1.165, 1.54) is 74.3 Å². The minimum Gasteiger partial charge on any atom is -0.308 e. The molecule has 3 heterocycles. The molecule has 0 saturated carbocycles. The highest BCUT2D eigenvalue weighted by molar-refractivity contribution is 7.27. The van der Waals surface area contributed by atoms with Crippen LogP contribution in [0.5, 0.6) is 0 Å². The van der Waals surface area contributed by atoms with E-state index in [-0.39, 0.29) is 0 Å². The molecular formula is C52H31N3S. The minimum absolute atomic E-state index is 0.697. The molecule has 0 saturated heterocycles. The van der Waals surface area contributed by atoms with E-state index in [1.54, 1.807) is 0 Å². The molecule has 0 atom stereocenters. The molecule has 4 heteroatoms. The van der Waals surface area contributed by atoms with Crippen LogP contribution in [0.3, 0.4) is 0 Å². The van der Waals surface area contributed by atoms with Gasteiger partial charge in [-0.05, 0) is 51.9 Å². The van der Waals surface area contributed by atoms with Gasteiger partial charge in [0, 0.05) is 59.4 Å². The molecular weight excluding hydrogens is 699 g/mol. The van der Waals surface area contributed by atoms with Crippen LogP contribution in [0, 0.1) is 0 Å². The first-order valence-electron chi connectivity index (χ1n) is 19.0. The molecule has 0 N–H and O–H groups in total. The minimum atomic E-state index is 0.697. The lowest BCUT2D eigenvalue weighted by Gasteiger charge is -2.15. The smallest absolute Gasteiger partial charge is 0.160 e. The summed E-state index contributed by atoms with van der Waals surface area (Å²) in [6.45, 7) is 0. The second-order valence-corrected chi connectivity index (χ2v) is 15.5. The first-order chi connectivity index (χ1) is 27.8. The van der Waals surface area contributed by atoms with Crippen molar-refractivity contribution in [3.8, 4) is 39.6 Å². The van der Waals surface area contributed by atoms with Crippen LogP contribution in [-0.2, 0) is 0 Å². The van der Waals surface area contributed by atoms with Gasteiger partial charge in [0.1, 0.15) is 0 Å². The number of hydrogen-bond donors (Lipinski definition) is 0. The van der Waals surface area contributed by atoms with Crippen LogP contribution in [0.15, 0.2) is 188 Å². The van der Waals surface area contributed by atoms with Gasteiger partial charge in [-0.2, -0.15) is 0 Å². The quantitative estimate of drug-likeness (QED) is 0.169. The van der Waals surface area contributed by atoms with E-state index < -0.39 is 0 Å². The van der Waals surface area contributed by atoms with Gasteiger partial charge in [0.2, 0.25) is 0 Å². The maximum absolute atomic E-state index is 5.21. The average Bonchev–Trinajstić information content (AvgIpc) is 3.84. The third-order valence-corrected chi connectivity index (χ3v) is 12.5. The van der Waals surface area contributed by atoms with E-state index in [1.807, 2.05) is 23.5 Å². The van der Waals surface area contributed by atoms with Crippen molar-refractivity contribution in [1.82, 2.24) is 14.5 Å². The summed E-state index contributed by atoms with van der Waals surface area (Å²) in [6, 6.07) is 67.5. The van der Waals surface area contributed by atoms with Crippen LogP contribution in [0.1, 0.15) is 0 Å². The Morgan fingerprint density at radius 3 is 1.55 bits per heavy atom. The Morgan fingerprint density at radius 2 is 0.893 bits per heavy atom. The molecule has 0 amide bonds. The van der Waals surface area contributed by atoms with Crippen molar-refractivity contribution in [1.29, 1.82) is 0 Å². The molecule has 0 spiro atoms. The van der Waals surface area contributed by atoms with Gasteiger partial charge in [-0.3, -0.25) is 0 Å². The third kappa shape index (κ3) is 4.57. The summed E-state index contributed by atoms with van der Waals surface area (Å²) in [5, 5.41) is 12.9. The van der Waals surface area contributed by atoms with E-state index >= 15 is 0 Å². The van der Waals surface area contributed by atoms with Crippen LogP contribution in [-0.4, -0.2) is 14.5 Å². The molecule has 3 nitrogen and oxygen atoms in total. The molecule has 0 bridgehead atoms. The van der Waals surface area contributed by atoms with Crippen LogP contribution in [0.4, 0.5) is 0 Å². The molecule has 0 radical (unpaired) electrons. The molecule has 0 aliphatic rings. The normalized spacial score (nSPS) is 11.9. The molecule has 3 aromatic heterocycles. The van der Waals surface area contributed by atoms with Gasteiger partial charge in [-0.15, -0.1) is 11.3 Å². The van der Waals surface area contributed by atoms with Gasteiger partial charge in [0.15, 0.2) is 5.82 Å². The number of aromatic nitrogens is 3. The summed E-state index contributed by atoms with van der Waals surface area (Å²) >= 11 is 1.90. The van der Waals surface area contributed by atoms with Crippen molar-refractivity contribution in [2.45, 2.75) is 0 Å². The van der Waals surface area contributed by atoms with Crippen LogP contribution < -0.4 is 0 Å². The lowest BCUT2D eigenvalue weighted by Crippen LogP contribution is -1.98. The number of rotatable bonds is 4. The molecule has 0 unspecified atom stereocenters. The molecule has 9 aromatic carbocycles. The zero-order valence-electron chi connectivity index (χ0n) is 30.1. The number of para-hydroxylation sites is 1. The van der Waals surface area contributed by atoms with E-state index in [4.69, 9.17) is 9.97 Å². The SMILES string of the molecule is c1ccc(-c2cc(-c3ccccc3)nc(-c3cccc(-n4c5ccccc5c5c6c7ccccc7c7ccccc7c6c6c7ccccc7sc6c54)c3)n2)cc1. The number of thiophene rings is 1. The zero-order valence-corrected chi connectivity index (χ0v) is 31.0. The number of hydrogen-bond acceptors (Lipinski definition) is 3. The molecule has 12 rings (SSSR count). The Hall–Kier alpha value is -7.14. The highest BCUT2D eigenvalue weighted by atomic mass is 32.1. The Morgan fingerprint density at radius 1 is 0.375 bits per heavy atom. The van der Waals surface area contributed by atoms with Crippen molar-refractivity contribution in [3.05, 3.63) is 188 Å². The third-order valence-electron chi connectivity index (χ3n) is 11.3. The van der Waals surface area contributed by atoms with Crippen molar-refractivity contribution >= 4 is 85.6 Å². The molecule has 12 aromatic rings. The average molecular weight is 730 g/mol. The molecule has 0 aliphatic carbocycles. The van der Waals surface area contributed by atoms with Gasteiger partial charge in [-0.25, -0.2) is 9.97 Å². The van der Waals surface area contributed by atoms with Gasteiger partial charge in [0.05, 0.1) is 27.1 Å². The largest absolute Gasteiger partial charge is 0.308 e. The maximum atomic E-state index is 5.21. The summed E-state index contributed by atoms with van der Waals surface area (Å²) in [6.07, 6.45) is 0. The highest BCUT2D eigenvalue weighted by Gasteiger charge is 2.25. The Bertz CT molecular complexity index is 3470. The second-order valence-electron chi connectivity index (χ2n) is 14.5. The van der Waals surface area contributed by atoms with E-state index in [9.17, 15) is 0 Å². The van der Waals surface area contributed by atoms with Crippen LogP contribution in [0.25, 0.3) is 114 Å². The van der Waals surface area contributed by atoms with Gasteiger partial charge < -0.3 is 4.57 Å². The van der Waals surface area contributed by atoms with E-state index in [0.717, 1.165) is 33.8 Å². The fourth-order valence-electron chi connectivity index (χ4n) is 8.97. The van der Waals surface area contributed by atoms with Gasteiger partial charge >= 0.3 is 0 Å². The van der Waals surface area contributed by atoms with Crippen molar-refractivity contribution in [3.63, 3.8) is 0 Å². The van der Waals surface area contributed by atoms with Gasteiger partial charge in [-0.1, -0.05) is 158 Å². The predicted molar refractivity (Wildman–Crippen MR) is 238 cm³/mol. The summed E-state index contributed by atoms with van der Waals surface area (Å²) in [7, 11) is 0. The van der Waals surface area contributed by atoms with Crippen LogP contribution in [0.2, 0.25) is 0 Å². The molecule has 0 aliphatic heterocycles. The second kappa shape index (κ2) is 12.2. The van der Waals surface area contributed by atoms with E-state index in [0.29, 0.717) is 5.82 Å².